The van der Waals surface area contributed by atoms with Crippen LogP contribution in [0.25, 0.3) is 20.5 Å². The Kier molecular flexibility index (Phi) is 9.26. The molecule has 10 heteroatoms. The molecule has 0 radical (unpaired) electrons. The van der Waals surface area contributed by atoms with Gasteiger partial charge >= 0.3 is 7.12 Å². The minimum Gasteiger partial charge on any atom is -0.492 e. The first-order chi connectivity index (χ1) is 18.7. The van der Waals surface area contributed by atoms with Gasteiger partial charge in [-0.15, -0.1) is 11.3 Å². The Balaban J connectivity index is 1.48. The van der Waals surface area contributed by atoms with Gasteiger partial charge in [0.1, 0.15) is 18.2 Å². The fourth-order valence-corrected chi connectivity index (χ4v) is 5.14. The Morgan fingerprint density at radius 2 is 1.77 bits per heavy atom. The summed E-state index contributed by atoms with van der Waals surface area (Å²) in [6.07, 6.45) is 3.26. The lowest BCUT2D eigenvalue weighted by Crippen LogP contribution is -2.29. The number of likely N-dealkylation sites (N-methyl/N-ethyl adjacent to an activating group) is 1. The van der Waals surface area contributed by atoms with E-state index in [2.05, 4.69) is 5.32 Å². The number of hydrogen-bond donors (Lipinski definition) is 3. The zero-order valence-electron chi connectivity index (χ0n) is 21.6. The molecule has 200 valence electrons. The maximum Gasteiger partial charge on any atom is 0.488 e. The van der Waals surface area contributed by atoms with Crippen LogP contribution in [0, 0.1) is 5.82 Å². The molecule has 0 atom stereocenters. The molecule has 3 aromatic carbocycles. The van der Waals surface area contributed by atoms with Crippen molar-refractivity contribution in [1.82, 2.24) is 10.2 Å². The molecule has 0 fully saturated rings. The summed E-state index contributed by atoms with van der Waals surface area (Å²) in [4.78, 5) is 27.4. The minimum absolute atomic E-state index is 0.0726. The predicted octanol–water partition coefficient (Wildman–Crippen LogP) is 3.23. The topological polar surface area (TPSA) is 99.1 Å². The normalized spacial score (nSPS) is 11.2. The van der Waals surface area contributed by atoms with Gasteiger partial charge in [-0.3, -0.25) is 9.59 Å². The lowest BCUT2D eigenvalue weighted by atomic mass is 9.80. The van der Waals surface area contributed by atoms with E-state index in [1.807, 2.05) is 0 Å². The summed E-state index contributed by atoms with van der Waals surface area (Å²) < 4.78 is 20.1. The van der Waals surface area contributed by atoms with Crippen LogP contribution in [0.15, 0.2) is 78.9 Å². The number of ketones is 1. The van der Waals surface area contributed by atoms with E-state index in [-0.39, 0.29) is 17.5 Å². The van der Waals surface area contributed by atoms with Gasteiger partial charge in [-0.25, -0.2) is 4.39 Å². The number of benzene rings is 3. The van der Waals surface area contributed by atoms with Crippen LogP contribution >= 0.6 is 11.3 Å². The molecule has 0 bridgehead atoms. The molecule has 0 unspecified atom stereocenters. The Bertz CT molecular complexity index is 1480. The van der Waals surface area contributed by atoms with E-state index in [9.17, 15) is 24.0 Å². The van der Waals surface area contributed by atoms with Gasteiger partial charge < -0.3 is 25.0 Å². The van der Waals surface area contributed by atoms with Crippen LogP contribution < -0.4 is 15.5 Å². The zero-order chi connectivity index (χ0) is 27.9. The van der Waals surface area contributed by atoms with Gasteiger partial charge in [-0.05, 0) is 53.5 Å². The summed E-state index contributed by atoms with van der Waals surface area (Å²) in [5.41, 5.74) is 1.95. The van der Waals surface area contributed by atoms with E-state index in [0.29, 0.717) is 57.9 Å². The molecule has 0 spiro atoms. The standard InChI is InChI=1S/C29H28BFN2O5S/c1-33(2)26(34)4-3-15-32-16-17-38-23-12-7-19(8-13-23)28(35)27-24-14-9-21(30(36)37)18-25(24)39-29(27)20-5-10-22(31)11-6-20/h3-14,18,32,36-37H,15-17H2,1-2H3/b4-3+. The minimum atomic E-state index is -1.63. The molecule has 7 nitrogen and oxygen atoms in total. The van der Waals surface area contributed by atoms with E-state index in [1.54, 1.807) is 74.8 Å². The zero-order valence-corrected chi connectivity index (χ0v) is 22.4. The number of fused-ring (bicyclic) bond motifs is 1. The molecule has 39 heavy (non-hydrogen) atoms. The van der Waals surface area contributed by atoms with Crippen LogP contribution in [-0.2, 0) is 4.79 Å². The number of thiophene rings is 1. The molecule has 4 rings (SSSR count). The highest BCUT2D eigenvalue weighted by molar-refractivity contribution is 7.23. The Hall–Kier alpha value is -3.83. The number of nitrogens with zero attached hydrogens (tertiary/aromatic N) is 1. The molecular weight excluding hydrogens is 518 g/mol. The molecular formula is C29H28BFN2O5S. The molecule has 0 aliphatic carbocycles. The predicted molar refractivity (Wildman–Crippen MR) is 153 cm³/mol. The number of rotatable bonds is 11. The first kappa shape index (κ1) is 28.2. The van der Waals surface area contributed by atoms with Crippen LogP contribution in [0.1, 0.15) is 15.9 Å². The fraction of sp³-hybridized carbons (Fsp3) is 0.172. The second kappa shape index (κ2) is 12.8. The number of nitrogens with one attached hydrogen (secondary N) is 1. The molecule has 1 aromatic heterocycles. The summed E-state index contributed by atoms with van der Waals surface area (Å²) in [5, 5.41) is 23.0. The highest BCUT2D eigenvalue weighted by Crippen LogP contribution is 2.39. The third-order valence-corrected chi connectivity index (χ3v) is 7.17. The number of halogens is 1. The molecule has 4 aromatic rings. The molecule has 0 saturated heterocycles. The van der Waals surface area contributed by atoms with Crippen molar-refractivity contribution in [1.29, 1.82) is 0 Å². The molecule has 0 aliphatic rings. The van der Waals surface area contributed by atoms with Crippen molar-refractivity contribution in [2.75, 3.05) is 33.8 Å². The van der Waals surface area contributed by atoms with Gasteiger partial charge in [0.2, 0.25) is 5.91 Å². The second-order valence-electron chi connectivity index (χ2n) is 8.98. The SMILES string of the molecule is CN(C)C(=O)/C=C/CNCCOc1ccc(C(=O)c2c(-c3ccc(F)cc3)sc3cc(B(O)O)ccc23)cc1. The van der Waals surface area contributed by atoms with Crippen molar-refractivity contribution in [3.63, 3.8) is 0 Å². The summed E-state index contributed by atoms with van der Waals surface area (Å²) in [7, 11) is 1.76. The van der Waals surface area contributed by atoms with Crippen molar-refractivity contribution in [2.24, 2.45) is 0 Å². The summed E-state index contributed by atoms with van der Waals surface area (Å²) in [6, 6.07) is 17.7. The van der Waals surface area contributed by atoms with Gasteiger partial charge in [0.05, 0.1) is 0 Å². The quantitative estimate of drug-likeness (QED) is 0.116. The van der Waals surface area contributed by atoms with Gasteiger partial charge in [-0.2, -0.15) is 0 Å². The van der Waals surface area contributed by atoms with Crippen LogP contribution in [0.5, 0.6) is 5.75 Å². The monoisotopic (exact) mass is 546 g/mol. The number of carbonyl (C=O) groups excluding carboxylic acids is 2. The molecule has 3 N–H and O–H groups in total. The lowest BCUT2D eigenvalue weighted by Gasteiger charge is -2.09. The highest BCUT2D eigenvalue weighted by atomic mass is 32.1. The average Bonchev–Trinajstić information content (AvgIpc) is 3.31. The van der Waals surface area contributed by atoms with Crippen molar-refractivity contribution < 1.29 is 28.8 Å². The molecule has 1 amide bonds. The van der Waals surface area contributed by atoms with Crippen molar-refractivity contribution in [3.05, 3.63) is 95.8 Å². The Labute approximate surface area is 230 Å². The third kappa shape index (κ3) is 6.98. The van der Waals surface area contributed by atoms with Gasteiger partial charge in [0.25, 0.3) is 0 Å². The van der Waals surface area contributed by atoms with Gasteiger partial charge in [-0.1, -0.05) is 30.3 Å². The van der Waals surface area contributed by atoms with Crippen LogP contribution in [0.4, 0.5) is 4.39 Å². The largest absolute Gasteiger partial charge is 0.492 e. The first-order valence-electron chi connectivity index (χ1n) is 12.3. The van der Waals surface area contributed by atoms with Crippen molar-refractivity contribution in [2.45, 2.75) is 0 Å². The molecule has 0 aliphatic heterocycles. The van der Waals surface area contributed by atoms with Crippen molar-refractivity contribution >= 4 is 45.7 Å². The van der Waals surface area contributed by atoms with Crippen molar-refractivity contribution in [3.8, 4) is 16.2 Å². The van der Waals surface area contributed by atoms with E-state index >= 15 is 0 Å². The smallest absolute Gasteiger partial charge is 0.488 e. The Morgan fingerprint density at radius 3 is 2.44 bits per heavy atom. The molecule has 0 saturated carbocycles. The molecule has 1 heterocycles. The highest BCUT2D eigenvalue weighted by Gasteiger charge is 2.23. The van der Waals surface area contributed by atoms with E-state index in [4.69, 9.17) is 4.74 Å². The van der Waals surface area contributed by atoms with E-state index in [1.165, 1.54) is 34.4 Å². The number of ether oxygens (including phenoxy) is 1. The summed E-state index contributed by atoms with van der Waals surface area (Å²) in [5.74, 6) is -0.0379. The van der Waals surface area contributed by atoms with Gasteiger partial charge in [0, 0.05) is 59.4 Å². The first-order valence-corrected chi connectivity index (χ1v) is 13.1. The fourth-order valence-electron chi connectivity index (χ4n) is 3.89. The van der Waals surface area contributed by atoms with Crippen LogP contribution in [-0.4, -0.2) is 67.5 Å². The van der Waals surface area contributed by atoms with Crippen LogP contribution in [0.2, 0.25) is 0 Å². The number of carbonyl (C=O) groups is 2. The Morgan fingerprint density at radius 1 is 1.05 bits per heavy atom. The average molecular weight is 546 g/mol. The maximum absolute atomic E-state index is 13.7. The number of hydrogen-bond acceptors (Lipinski definition) is 7. The van der Waals surface area contributed by atoms with E-state index in [0.717, 1.165) is 4.70 Å². The summed E-state index contributed by atoms with van der Waals surface area (Å²) >= 11 is 1.34. The maximum atomic E-state index is 13.7. The number of amides is 1. The summed E-state index contributed by atoms with van der Waals surface area (Å²) in [6.45, 7) is 1.53. The van der Waals surface area contributed by atoms with Crippen LogP contribution in [0.3, 0.4) is 0 Å². The van der Waals surface area contributed by atoms with Gasteiger partial charge in [0.15, 0.2) is 5.78 Å². The lowest BCUT2D eigenvalue weighted by molar-refractivity contribution is -0.123. The third-order valence-electron chi connectivity index (χ3n) is 5.97. The van der Waals surface area contributed by atoms with E-state index < -0.39 is 7.12 Å². The second-order valence-corrected chi connectivity index (χ2v) is 10.0.